The quantitative estimate of drug-likeness (QED) is 0.439. The van der Waals surface area contributed by atoms with E-state index in [0.717, 1.165) is 37.5 Å². The summed E-state index contributed by atoms with van der Waals surface area (Å²) in [6.07, 6.45) is 15.4. The lowest BCUT2D eigenvalue weighted by Crippen LogP contribution is -2.50. The van der Waals surface area contributed by atoms with Crippen molar-refractivity contribution in [3.63, 3.8) is 0 Å². The summed E-state index contributed by atoms with van der Waals surface area (Å²) < 4.78 is 0. The van der Waals surface area contributed by atoms with E-state index >= 15 is 0 Å². The summed E-state index contributed by atoms with van der Waals surface area (Å²) in [4.78, 5) is 5.12. The van der Waals surface area contributed by atoms with Crippen molar-refractivity contribution in [2.75, 3.05) is 13.2 Å². The van der Waals surface area contributed by atoms with Gasteiger partial charge in [-0.2, -0.15) is 0 Å². The van der Waals surface area contributed by atoms with Crippen LogP contribution >= 0.6 is 0 Å². The van der Waals surface area contributed by atoms with Gasteiger partial charge in [-0.05, 0) is 61.7 Å². The molecule has 0 aromatic rings. The molecule has 4 atom stereocenters. The molecule has 0 aromatic carbocycles. The zero-order valence-electron chi connectivity index (χ0n) is 15.4. The summed E-state index contributed by atoms with van der Waals surface area (Å²) in [5.74, 6) is 2.15. The molecule has 4 nitrogen and oxygen atoms in total. The molecule has 3 rings (SSSR count). The summed E-state index contributed by atoms with van der Waals surface area (Å²) in [6, 6.07) is 0. The molecule has 0 bridgehead atoms. The van der Waals surface area contributed by atoms with Crippen LogP contribution in [0.1, 0.15) is 77.6 Å². The van der Waals surface area contributed by atoms with Crippen LogP contribution < -0.4 is 5.73 Å². The van der Waals surface area contributed by atoms with Crippen molar-refractivity contribution in [3.05, 3.63) is 0 Å². The van der Waals surface area contributed by atoms with E-state index in [9.17, 15) is 5.11 Å². The van der Waals surface area contributed by atoms with E-state index < -0.39 is 5.60 Å². The van der Waals surface area contributed by atoms with Gasteiger partial charge in [0.25, 0.3) is 0 Å². The lowest BCUT2D eigenvalue weighted by molar-refractivity contribution is -0.122. The van der Waals surface area contributed by atoms with E-state index in [-0.39, 0.29) is 5.41 Å². The Bertz CT molecular complexity index is 435. The minimum atomic E-state index is -0.454. The zero-order valence-corrected chi connectivity index (χ0v) is 15.4. The summed E-state index contributed by atoms with van der Waals surface area (Å²) in [5, 5.41) is 15.5. The van der Waals surface area contributed by atoms with Gasteiger partial charge in [-0.25, -0.2) is 0 Å². The van der Waals surface area contributed by atoms with Gasteiger partial charge in [0.05, 0.1) is 5.60 Å². The summed E-state index contributed by atoms with van der Waals surface area (Å²) >= 11 is 0. The van der Waals surface area contributed by atoms with Crippen molar-refractivity contribution in [1.29, 1.82) is 0 Å². The van der Waals surface area contributed by atoms with Gasteiger partial charge in [-0.15, -0.1) is 0 Å². The number of hydrogen-bond acceptors (Lipinski definition) is 4. The van der Waals surface area contributed by atoms with E-state index in [1.165, 1.54) is 44.9 Å². The Balaban J connectivity index is 1.59. The molecule has 3 aliphatic carbocycles. The van der Waals surface area contributed by atoms with Gasteiger partial charge in [0, 0.05) is 12.8 Å². The third-order valence-corrected chi connectivity index (χ3v) is 7.57. The van der Waals surface area contributed by atoms with E-state index in [1.807, 2.05) is 6.21 Å². The monoisotopic (exact) mass is 336 g/mol. The highest BCUT2D eigenvalue weighted by Gasteiger charge is 2.58. The smallest absolute Gasteiger partial charge is 0.129 e. The maximum atomic E-state index is 11.5. The molecule has 0 heterocycles. The van der Waals surface area contributed by atoms with Gasteiger partial charge >= 0.3 is 0 Å². The van der Waals surface area contributed by atoms with Gasteiger partial charge in [0.1, 0.15) is 6.61 Å². The van der Waals surface area contributed by atoms with Crippen LogP contribution in [-0.2, 0) is 4.84 Å². The number of rotatable bonds is 6. The van der Waals surface area contributed by atoms with Crippen LogP contribution in [0.15, 0.2) is 5.16 Å². The first kappa shape index (κ1) is 18.2. The number of aliphatic hydroxyl groups is 1. The van der Waals surface area contributed by atoms with E-state index in [4.69, 9.17) is 10.6 Å². The Kier molecular flexibility index (Phi) is 5.86. The second-order valence-electron chi connectivity index (χ2n) is 8.73. The average Bonchev–Trinajstić information content (AvgIpc) is 2.86. The fourth-order valence-electron chi connectivity index (χ4n) is 5.90. The van der Waals surface area contributed by atoms with Crippen molar-refractivity contribution < 1.29 is 9.94 Å². The molecule has 0 aromatic heterocycles. The third-order valence-electron chi connectivity index (χ3n) is 7.57. The predicted molar refractivity (Wildman–Crippen MR) is 97.8 cm³/mol. The molecule has 24 heavy (non-hydrogen) atoms. The number of hydrogen-bond donors (Lipinski definition) is 2. The van der Waals surface area contributed by atoms with Crippen LogP contribution in [0.25, 0.3) is 0 Å². The minimum Gasteiger partial charge on any atom is -0.395 e. The number of nitrogens with zero attached hydrogens (tertiary/aromatic N) is 1. The van der Waals surface area contributed by atoms with Gasteiger partial charge in [-0.3, -0.25) is 0 Å². The van der Waals surface area contributed by atoms with Gasteiger partial charge < -0.3 is 15.7 Å². The number of oxime groups is 1. The molecule has 0 unspecified atom stereocenters. The van der Waals surface area contributed by atoms with Crippen LogP contribution in [0.2, 0.25) is 0 Å². The lowest BCUT2D eigenvalue weighted by atomic mass is 9.57. The second kappa shape index (κ2) is 7.74. The Morgan fingerprint density at radius 3 is 2.67 bits per heavy atom. The maximum absolute atomic E-state index is 11.5. The maximum Gasteiger partial charge on any atom is 0.129 e. The van der Waals surface area contributed by atoms with Crippen LogP contribution in [0, 0.1) is 23.2 Å². The molecular formula is C20H36N2O2. The Morgan fingerprint density at radius 2 is 1.92 bits per heavy atom. The molecule has 0 spiro atoms. The molecular weight excluding hydrogens is 300 g/mol. The van der Waals surface area contributed by atoms with E-state index in [0.29, 0.717) is 19.1 Å². The van der Waals surface area contributed by atoms with Gasteiger partial charge in [-0.1, -0.05) is 44.2 Å². The first-order valence-electron chi connectivity index (χ1n) is 10.2. The van der Waals surface area contributed by atoms with Crippen LogP contribution in [-0.4, -0.2) is 30.1 Å². The summed E-state index contributed by atoms with van der Waals surface area (Å²) in [5.41, 5.74) is 5.00. The molecule has 0 radical (unpaired) electrons. The molecule has 0 saturated heterocycles. The van der Waals surface area contributed by atoms with Gasteiger partial charge in [0.2, 0.25) is 0 Å². The predicted octanol–water partition coefficient (Wildman–Crippen LogP) is 3.87. The van der Waals surface area contributed by atoms with Gasteiger partial charge in [0.15, 0.2) is 0 Å². The van der Waals surface area contributed by atoms with Crippen molar-refractivity contribution in [3.8, 4) is 0 Å². The average molecular weight is 337 g/mol. The van der Waals surface area contributed by atoms with Crippen LogP contribution in [0.4, 0.5) is 0 Å². The number of nitrogens with two attached hydrogens (primary N) is 1. The SMILES string of the molecule is C[C@]12CC[C@H](C3CCCCC3)C[C@@]1(O)CC[C@@H]2C/C=N\OCCN. The van der Waals surface area contributed by atoms with E-state index in [1.54, 1.807) is 0 Å². The summed E-state index contributed by atoms with van der Waals surface area (Å²) in [7, 11) is 0. The van der Waals surface area contributed by atoms with Crippen molar-refractivity contribution in [1.82, 2.24) is 0 Å². The fraction of sp³-hybridized carbons (Fsp3) is 0.950. The molecule has 0 amide bonds. The first-order valence-corrected chi connectivity index (χ1v) is 10.2. The normalized spacial score (nSPS) is 40.8. The molecule has 3 aliphatic rings. The highest BCUT2D eigenvalue weighted by molar-refractivity contribution is 5.57. The minimum absolute atomic E-state index is 0.0536. The fourth-order valence-corrected chi connectivity index (χ4v) is 5.90. The van der Waals surface area contributed by atoms with Crippen molar-refractivity contribution in [2.24, 2.45) is 34.1 Å². The largest absolute Gasteiger partial charge is 0.395 e. The Labute approximate surface area is 147 Å². The van der Waals surface area contributed by atoms with E-state index in [2.05, 4.69) is 12.1 Å². The molecule has 138 valence electrons. The lowest BCUT2D eigenvalue weighted by Gasteiger charge is -2.51. The van der Waals surface area contributed by atoms with Crippen molar-refractivity contribution in [2.45, 2.75) is 83.2 Å². The standard InChI is InChI=1S/C20H36N2O2/c1-19-10-7-17(16-5-3-2-4-6-16)15-20(19,23)11-8-18(19)9-13-22-24-14-12-21/h13,16-18,23H,2-12,14-15,21H2,1H3/b22-13-/t17-,18+,19+,20-/m0/s1. The Hall–Kier alpha value is -0.610. The van der Waals surface area contributed by atoms with Crippen molar-refractivity contribution >= 4 is 6.21 Å². The molecule has 3 fully saturated rings. The van der Waals surface area contributed by atoms with Crippen LogP contribution in [0.5, 0.6) is 0 Å². The Morgan fingerprint density at radius 1 is 1.12 bits per heavy atom. The molecule has 4 heteroatoms. The number of fused-ring (bicyclic) bond motifs is 1. The second-order valence-corrected chi connectivity index (χ2v) is 8.73. The zero-order chi connectivity index (χ0) is 17.0. The van der Waals surface area contributed by atoms with Crippen LogP contribution in [0.3, 0.4) is 0 Å². The summed E-state index contributed by atoms with van der Waals surface area (Å²) in [6.45, 7) is 3.31. The highest BCUT2D eigenvalue weighted by atomic mass is 16.6. The topological polar surface area (TPSA) is 67.8 Å². The highest BCUT2D eigenvalue weighted by Crippen LogP contribution is 2.61. The molecule has 3 N–H and O–H groups in total. The third kappa shape index (κ3) is 3.50. The first-order chi connectivity index (χ1) is 11.6. The molecule has 0 aliphatic heterocycles. The molecule has 3 saturated carbocycles.